The number of para-hydroxylation sites is 1. The molecule has 0 radical (unpaired) electrons. The number of hydrogen-bond donors (Lipinski definition) is 1. The van der Waals surface area contributed by atoms with E-state index >= 15 is 0 Å². The van der Waals surface area contributed by atoms with Gasteiger partial charge in [-0.1, -0.05) is 35.9 Å². The van der Waals surface area contributed by atoms with Gasteiger partial charge in [-0.25, -0.2) is 4.79 Å². The van der Waals surface area contributed by atoms with Gasteiger partial charge in [0.15, 0.2) is 0 Å². The Morgan fingerprint density at radius 3 is 2.47 bits per heavy atom. The zero-order valence-electron chi connectivity index (χ0n) is 18.6. The van der Waals surface area contributed by atoms with Gasteiger partial charge >= 0.3 is 5.69 Å². The molecule has 4 rings (SSSR count). The molecule has 174 valence electrons. The predicted octanol–water partition coefficient (Wildman–Crippen LogP) is 3.52. The number of fused-ring (bicyclic) bond motifs is 1. The van der Waals surface area contributed by atoms with Gasteiger partial charge in [-0.05, 0) is 42.0 Å². The summed E-state index contributed by atoms with van der Waals surface area (Å²) in [5.41, 5.74) is 0.422. The predicted molar refractivity (Wildman–Crippen MR) is 131 cm³/mol. The van der Waals surface area contributed by atoms with E-state index in [1.165, 1.54) is 18.8 Å². The number of nitrogens with zero attached hydrogens (tertiary/aromatic N) is 2. The Labute approximate surface area is 199 Å². The number of benzene rings is 3. The lowest BCUT2D eigenvalue weighted by atomic mass is 10.2. The molecule has 1 aromatic heterocycles. The smallest absolute Gasteiger partial charge is 0.332 e. The Bertz CT molecular complexity index is 1490. The molecule has 0 fully saturated rings. The lowest BCUT2D eigenvalue weighted by molar-refractivity contribution is -0.116. The second-order valence-corrected chi connectivity index (χ2v) is 7.96. The van der Waals surface area contributed by atoms with Crippen LogP contribution < -0.4 is 26.0 Å². The first-order valence-electron chi connectivity index (χ1n) is 10.4. The van der Waals surface area contributed by atoms with Crippen molar-refractivity contribution in [2.45, 2.75) is 13.1 Å². The summed E-state index contributed by atoms with van der Waals surface area (Å²) in [6, 6.07) is 18.6. The summed E-state index contributed by atoms with van der Waals surface area (Å²) in [5.74, 6) is 0.512. The molecule has 1 amide bonds. The number of aromatic nitrogens is 2. The molecule has 34 heavy (non-hydrogen) atoms. The van der Waals surface area contributed by atoms with E-state index in [9.17, 15) is 14.4 Å². The molecular weight excluding hydrogens is 458 g/mol. The highest BCUT2D eigenvalue weighted by Gasteiger charge is 2.17. The van der Waals surface area contributed by atoms with Crippen molar-refractivity contribution in [3.8, 4) is 11.5 Å². The summed E-state index contributed by atoms with van der Waals surface area (Å²) >= 11 is 6.07. The molecule has 0 bridgehead atoms. The molecule has 1 N–H and O–H groups in total. The minimum absolute atomic E-state index is 0.0222. The van der Waals surface area contributed by atoms with E-state index in [2.05, 4.69) is 5.32 Å². The molecule has 8 nitrogen and oxygen atoms in total. The van der Waals surface area contributed by atoms with E-state index in [1.54, 1.807) is 66.7 Å². The van der Waals surface area contributed by atoms with Crippen LogP contribution in [0.2, 0.25) is 5.02 Å². The molecule has 0 aliphatic rings. The molecule has 4 aromatic rings. The van der Waals surface area contributed by atoms with Crippen molar-refractivity contribution < 1.29 is 14.3 Å². The molecular formula is C25H22ClN3O5. The summed E-state index contributed by atoms with van der Waals surface area (Å²) in [5, 5.41) is 3.59. The second kappa shape index (κ2) is 9.84. The summed E-state index contributed by atoms with van der Waals surface area (Å²) in [4.78, 5) is 39.5. The highest BCUT2D eigenvalue weighted by Crippen LogP contribution is 2.28. The van der Waals surface area contributed by atoms with E-state index in [4.69, 9.17) is 21.1 Å². The number of carbonyl (C=O) groups is 1. The number of anilines is 1. The van der Waals surface area contributed by atoms with E-state index in [0.717, 1.165) is 4.57 Å². The first-order valence-corrected chi connectivity index (χ1v) is 10.8. The van der Waals surface area contributed by atoms with Crippen LogP contribution in [-0.2, 0) is 17.9 Å². The van der Waals surface area contributed by atoms with Crippen LogP contribution in [0.4, 0.5) is 5.69 Å². The van der Waals surface area contributed by atoms with Crippen LogP contribution in [0.5, 0.6) is 11.5 Å². The Morgan fingerprint density at radius 2 is 1.74 bits per heavy atom. The van der Waals surface area contributed by atoms with Crippen LogP contribution in [0.1, 0.15) is 5.56 Å². The van der Waals surface area contributed by atoms with Crippen molar-refractivity contribution in [3.05, 3.63) is 98.2 Å². The van der Waals surface area contributed by atoms with E-state index in [-0.39, 0.29) is 13.1 Å². The molecule has 1 heterocycles. The average Bonchev–Trinajstić information content (AvgIpc) is 2.84. The van der Waals surface area contributed by atoms with Crippen molar-refractivity contribution in [2.24, 2.45) is 0 Å². The SMILES string of the molecule is COc1ccc(OC)c(NC(=O)Cn2c(=O)n(Cc3cccc(Cl)c3)c(=O)c3ccccc32)c1. The van der Waals surface area contributed by atoms with Gasteiger partial charge in [0, 0.05) is 11.1 Å². The van der Waals surface area contributed by atoms with E-state index < -0.39 is 17.2 Å². The van der Waals surface area contributed by atoms with Gasteiger partial charge in [-0.15, -0.1) is 0 Å². The largest absolute Gasteiger partial charge is 0.497 e. The minimum atomic E-state index is -0.601. The Kier molecular flexibility index (Phi) is 6.70. The lowest BCUT2D eigenvalue weighted by Crippen LogP contribution is -2.42. The molecule has 0 saturated heterocycles. The van der Waals surface area contributed by atoms with Crippen LogP contribution in [0, 0.1) is 0 Å². The number of nitrogens with one attached hydrogen (secondary N) is 1. The van der Waals surface area contributed by atoms with Gasteiger partial charge in [0.1, 0.15) is 18.0 Å². The van der Waals surface area contributed by atoms with Crippen molar-refractivity contribution in [3.63, 3.8) is 0 Å². The number of amides is 1. The zero-order valence-corrected chi connectivity index (χ0v) is 19.3. The maximum Gasteiger partial charge on any atom is 0.332 e. The third-order valence-corrected chi connectivity index (χ3v) is 5.58. The average molecular weight is 480 g/mol. The van der Waals surface area contributed by atoms with Crippen LogP contribution >= 0.6 is 11.6 Å². The molecule has 0 aliphatic carbocycles. The third kappa shape index (κ3) is 4.67. The number of hydrogen-bond acceptors (Lipinski definition) is 5. The normalized spacial score (nSPS) is 10.8. The van der Waals surface area contributed by atoms with Crippen LogP contribution in [0.25, 0.3) is 10.9 Å². The number of rotatable bonds is 7. The summed E-state index contributed by atoms with van der Waals surface area (Å²) in [6.07, 6.45) is 0. The fraction of sp³-hybridized carbons (Fsp3) is 0.160. The van der Waals surface area contributed by atoms with Gasteiger partial charge < -0.3 is 14.8 Å². The fourth-order valence-corrected chi connectivity index (χ4v) is 3.94. The van der Waals surface area contributed by atoms with Gasteiger partial charge in [-0.2, -0.15) is 0 Å². The summed E-state index contributed by atoms with van der Waals surface area (Å²) in [6.45, 7) is -0.288. The van der Waals surface area contributed by atoms with Gasteiger partial charge in [-0.3, -0.25) is 18.7 Å². The Morgan fingerprint density at radius 1 is 0.941 bits per heavy atom. The Balaban J connectivity index is 1.75. The topological polar surface area (TPSA) is 91.6 Å². The van der Waals surface area contributed by atoms with Gasteiger partial charge in [0.25, 0.3) is 5.56 Å². The Hall–Kier alpha value is -4.04. The van der Waals surface area contributed by atoms with Gasteiger partial charge in [0.2, 0.25) is 5.91 Å². The standard InChI is InChI=1S/C25H22ClN3O5/c1-33-18-10-11-22(34-2)20(13-18)27-23(30)15-28-21-9-4-3-8-19(21)24(31)29(25(28)32)14-16-6-5-7-17(26)12-16/h3-13H,14-15H2,1-2H3,(H,27,30). The van der Waals surface area contributed by atoms with Crippen molar-refractivity contribution in [2.75, 3.05) is 19.5 Å². The highest BCUT2D eigenvalue weighted by atomic mass is 35.5. The van der Waals surface area contributed by atoms with E-state index in [0.29, 0.717) is 38.7 Å². The molecule has 3 aromatic carbocycles. The third-order valence-electron chi connectivity index (χ3n) is 5.34. The first-order chi connectivity index (χ1) is 16.4. The molecule has 9 heteroatoms. The fourth-order valence-electron chi connectivity index (χ4n) is 3.73. The molecule has 0 saturated carbocycles. The van der Waals surface area contributed by atoms with Crippen molar-refractivity contribution >= 4 is 34.1 Å². The molecule has 0 aliphatic heterocycles. The molecule has 0 spiro atoms. The number of ether oxygens (including phenoxy) is 2. The maximum atomic E-state index is 13.4. The van der Waals surface area contributed by atoms with Crippen LogP contribution in [0.15, 0.2) is 76.3 Å². The minimum Gasteiger partial charge on any atom is -0.497 e. The molecule has 0 unspecified atom stereocenters. The highest BCUT2D eigenvalue weighted by molar-refractivity contribution is 6.30. The zero-order chi connectivity index (χ0) is 24.2. The molecule has 0 atom stereocenters. The van der Waals surface area contributed by atoms with Crippen molar-refractivity contribution in [1.29, 1.82) is 0 Å². The lowest BCUT2D eigenvalue weighted by Gasteiger charge is -2.15. The van der Waals surface area contributed by atoms with Crippen LogP contribution in [0.3, 0.4) is 0 Å². The van der Waals surface area contributed by atoms with Crippen molar-refractivity contribution in [1.82, 2.24) is 9.13 Å². The number of methoxy groups -OCH3 is 2. The first kappa shape index (κ1) is 23.1. The van der Waals surface area contributed by atoms with Crippen LogP contribution in [-0.4, -0.2) is 29.3 Å². The second-order valence-electron chi connectivity index (χ2n) is 7.52. The van der Waals surface area contributed by atoms with Gasteiger partial charge in [0.05, 0.1) is 37.4 Å². The quantitative estimate of drug-likeness (QED) is 0.438. The number of carbonyl (C=O) groups excluding carboxylic acids is 1. The summed E-state index contributed by atoms with van der Waals surface area (Å²) in [7, 11) is 3.00. The number of halogens is 1. The van der Waals surface area contributed by atoms with E-state index in [1.807, 2.05) is 0 Å². The monoisotopic (exact) mass is 479 g/mol. The summed E-state index contributed by atoms with van der Waals surface area (Å²) < 4.78 is 12.9. The maximum absolute atomic E-state index is 13.4.